The number of aromatic nitrogens is 2. The highest BCUT2D eigenvalue weighted by atomic mass is 35.5. The van der Waals surface area contributed by atoms with Crippen molar-refractivity contribution in [1.82, 2.24) is 9.55 Å². The fourth-order valence-electron chi connectivity index (χ4n) is 4.23. The van der Waals surface area contributed by atoms with E-state index in [9.17, 15) is 33.4 Å². The van der Waals surface area contributed by atoms with Crippen molar-refractivity contribution < 1.29 is 33.3 Å². The monoisotopic (exact) mass is 590 g/mol. The molecule has 0 atom stereocenters. The lowest BCUT2D eigenvalue weighted by Crippen LogP contribution is -2.48. The quantitative estimate of drug-likeness (QED) is 0.412. The minimum Gasteiger partial charge on any atom is -0.471 e. The third kappa shape index (κ3) is 6.72. The van der Waals surface area contributed by atoms with E-state index in [1.54, 1.807) is 18.2 Å². The van der Waals surface area contributed by atoms with Crippen LogP contribution in [-0.2, 0) is 22.7 Å². The largest absolute Gasteiger partial charge is 0.471 e. The number of halogens is 3. The van der Waals surface area contributed by atoms with Crippen LogP contribution in [0.5, 0.6) is 5.88 Å². The first-order valence-corrected chi connectivity index (χ1v) is 12.9. The standard InChI is InChI=1S/C28H29ClF2N4O6/c1-27(2,39)11-22(36)34-15-35(26(38)28(3,4)40)21-9-16(5-8-20(21)34)12-33-14-32-24(23(29)25(33)37)41-13-17-6-7-18(30)10-19(17)31/h5-10,14,39-40H,11-13,15H2,1-4H3. The Morgan fingerprint density at radius 2 is 1.76 bits per heavy atom. The molecule has 0 spiro atoms. The van der Waals surface area contributed by atoms with Crippen molar-refractivity contribution in [3.8, 4) is 5.88 Å². The molecule has 0 aliphatic carbocycles. The molecule has 2 aromatic carbocycles. The van der Waals surface area contributed by atoms with Crippen molar-refractivity contribution in [2.75, 3.05) is 16.5 Å². The van der Waals surface area contributed by atoms with Crippen LogP contribution in [-0.4, -0.2) is 49.4 Å². The van der Waals surface area contributed by atoms with Crippen LogP contribution in [0, 0.1) is 11.6 Å². The highest BCUT2D eigenvalue weighted by Crippen LogP contribution is 2.39. The molecule has 0 radical (unpaired) electrons. The number of carbonyl (C=O) groups excluding carboxylic acids is 2. The van der Waals surface area contributed by atoms with Crippen LogP contribution in [0.1, 0.15) is 45.2 Å². The molecule has 0 saturated carbocycles. The maximum atomic E-state index is 13.9. The van der Waals surface area contributed by atoms with Crippen LogP contribution < -0.4 is 20.1 Å². The number of amides is 2. The third-order valence-electron chi connectivity index (χ3n) is 6.24. The topological polar surface area (TPSA) is 125 Å². The zero-order valence-electron chi connectivity index (χ0n) is 22.8. The smallest absolute Gasteiger partial charge is 0.276 e. The molecule has 13 heteroatoms. The van der Waals surface area contributed by atoms with Gasteiger partial charge in [-0.15, -0.1) is 0 Å². The predicted octanol–water partition coefficient (Wildman–Crippen LogP) is 3.37. The maximum absolute atomic E-state index is 13.9. The van der Waals surface area contributed by atoms with E-state index in [4.69, 9.17) is 16.3 Å². The van der Waals surface area contributed by atoms with Crippen molar-refractivity contribution in [3.63, 3.8) is 0 Å². The number of hydrogen-bond donors (Lipinski definition) is 2. The van der Waals surface area contributed by atoms with Gasteiger partial charge >= 0.3 is 0 Å². The second kappa shape index (κ2) is 11.2. The molecule has 1 aliphatic heterocycles. The van der Waals surface area contributed by atoms with Gasteiger partial charge in [0.15, 0.2) is 5.02 Å². The Morgan fingerprint density at radius 3 is 2.39 bits per heavy atom. The molecule has 2 amide bonds. The number of carbonyl (C=O) groups is 2. The van der Waals surface area contributed by atoms with Crippen molar-refractivity contribution in [2.24, 2.45) is 0 Å². The lowest BCUT2D eigenvalue weighted by Gasteiger charge is -2.26. The van der Waals surface area contributed by atoms with Gasteiger partial charge < -0.3 is 14.9 Å². The average Bonchev–Trinajstić information content (AvgIpc) is 3.24. The summed E-state index contributed by atoms with van der Waals surface area (Å²) in [5, 5.41) is 20.2. The number of benzene rings is 2. The minimum atomic E-state index is -1.73. The molecule has 2 N–H and O–H groups in total. The fourth-order valence-corrected chi connectivity index (χ4v) is 4.44. The summed E-state index contributed by atoms with van der Waals surface area (Å²) in [4.78, 5) is 45.6. The highest BCUT2D eigenvalue weighted by Gasteiger charge is 2.40. The van der Waals surface area contributed by atoms with Gasteiger partial charge in [-0.05, 0) is 57.5 Å². The molecule has 0 saturated heterocycles. The number of hydrogen-bond acceptors (Lipinski definition) is 7. The van der Waals surface area contributed by atoms with E-state index in [-0.39, 0.29) is 42.7 Å². The first kappa shape index (κ1) is 30.1. The van der Waals surface area contributed by atoms with Gasteiger partial charge in [0.05, 0.1) is 29.9 Å². The van der Waals surface area contributed by atoms with Crippen molar-refractivity contribution in [3.05, 3.63) is 80.9 Å². The lowest BCUT2D eigenvalue weighted by molar-refractivity contribution is -0.133. The predicted molar refractivity (Wildman–Crippen MR) is 147 cm³/mol. The summed E-state index contributed by atoms with van der Waals surface area (Å²) in [6, 6.07) is 7.87. The molecule has 0 unspecified atom stereocenters. The Labute approximate surface area is 239 Å². The second-order valence-electron chi connectivity index (χ2n) is 10.9. The van der Waals surface area contributed by atoms with Crippen molar-refractivity contribution in [2.45, 2.75) is 58.5 Å². The molecule has 3 aromatic rings. The summed E-state index contributed by atoms with van der Waals surface area (Å²) >= 11 is 6.19. The Morgan fingerprint density at radius 1 is 1.05 bits per heavy atom. The van der Waals surface area contributed by atoms with Gasteiger partial charge in [-0.3, -0.25) is 28.8 Å². The Balaban J connectivity index is 1.60. The van der Waals surface area contributed by atoms with Crippen molar-refractivity contribution >= 4 is 34.8 Å². The Bertz CT molecular complexity index is 1560. The molecule has 4 rings (SSSR count). The van der Waals surface area contributed by atoms with Crippen LogP contribution in [0.3, 0.4) is 0 Å². The Kier molecular flexibility index (Phi) is 8.21. The summed E-state index contributed by atoms with van der Waals surface area (Å²) in [5.41, 5.74) is -2.32. The number of aliphatic hydroxyl groups is 2. The van der Waals surface area contributed by atoms with Gasteiger partial charge in [0.25, 0.3) is 11.5 Å². The molecule has 2 heterocycles. The number of nitrogens with zero attached hydrogens (tertiary/aromatic N) is 4. The summed E-state index contributed by atoms with van der Waals surface area (Å²) in [6.45, 7) is 5.15. The van der Waals surface area contributed by atoms with E-state index in [0.29, 0.717) is 23.0 Å². The maximum Gasteiger partial charge on any atom is 0.276 e. The molecule has 41 heavy (non-hydrogen) atoms. The van der Waals surface area contributed by atoms with Crippen LogP contribution in [0.2, 0.25) is 5.02 Å². The molecule has 0 bridgehead atoms. The van der Waals surface area contributed by atoms with Crippen LogP contribution in [0.15, 0.2) is 47.5 Å². The first-order valence-electron chi connectivity index (χ1n) is 12.6. The molecular weight excluding hydrogens is 562 g/mol. The van der Waals surface area contributed by atoms with E-state index in [1.165, 1.54) is 54.5 Å². The summed E-state index contributed by atoms with van der Waals surface area (Å²) < 4.78 is 33.6. The SMILES string of the molecule is CC(C)(O)CC(=O)N1CN(C(=O)C(C)(C)O)c2cc(Cn3cnc(OCc4ccc(F)cc4F)c(Cl)c3=O)ccc21. The third-order valence-corrected chi connectivity index (χ3v) is 6.56. The number of ether oxygens (including phenoxy) is 1. The molecule has 0 fully saturated rings. The average molecular weight is 591 g/mol. The van der Waals surface area contributed by atoms with Gasteiger partial charge in [0.2, 0.25) is 11.8 Å². The molecule has 10 nitrogen and oxygen atoms in total. The van der Waals surface area contributed by atoms with Crippen LogP contribution in [0.4, 0.5) is 20.2 Å². The summed E-state index contributed by atoms with van der Waals surface area (Å²) in [5.74, 6) is -2.84. The molecule has 1 aromatic heterocycles. The summed E-state index contributed by atoms with van der Waals surface area (Å²) in [7, 11) is 0. The van der Waals surface area contributed by atoms with Crippen LogP contribution >= 0.6 is 11.6 Å². The van der Waals surface area contributed by atoms with Gasteiger partial charge in [0, 0.05) is 11.6 Å². The number of fused-ring (bicyclic) bond motifs is 1. The normalized spacial score (nSPS) is 13.4. The van der Waals surface area contributed by atoms with Crippen LogP contribution in [0.25, 0.3) is 0 Å². The van der Waals surface area contributed by atoms with E-state index >= 15 is 0 Å². The van der Waals surface area contributed by atoms with Crippen molar-refractivity contribution in [1.29, 1.82) is 0 Å². The lowest BCUT2D eigenvalue weighted by atomic mass is 10.0. The minimum absolute atomic E-state index is 0.0200. The Hall–Kier alpha value is -3.87. The van der Waals surface area contributed by atoms with E-state index in [2.05, 4.69) is 4.98 Å². The van der Waals surface area contributed by atoms with Gasteiger partial charge in [-0.2, -0.15) is 0 Å². The van der Waals surface area contributed by atoms with Gasteiger partial charge in [-0.25, -0.2) is 13.8 Å². The summed E-state index contributed by atoms with van der Waals surface area (Å²) in [6.07, 6.45) is 0.997. The second-order valence-corrected chi connectivity index (χ2v) is 11.3. The first-order chi connectivity index (χ1) is 19.0. The highest BCUT2D eigenvalue weighted by molar-refractivity contribution is 6.31. The number of anilines is 2. The zero-order chi connectivity index (χ0) is 30.3. The zero-order valence-corrected chi connectivity index (χ0v) is 23.6. The molecule has 218 valence electrons. The van der Waals surface area contributed by atoms with E-state index in [1.807, 2.05) is 0 Å². The fraction of sp³-hybridized carbons (Fsp3) is 0.357. The molecule has 1 aliphatic rings. The van der Waals surface area contributed by atoms with E-state index in [0.717, 1.165) is 6.07 Å². The van der Waals surface area contributed by atoms with Gasteiger partial charge in [0.1, 0.15) is 36.8 Å². The van der Waals surface area contributed by atoms with E-state index < -0.39 is 40.2 Å². The van der Waals surface area contributed by atoms with Gasteiger partial charge in [-0.1, -0.05) is 17.7 Å². The number of rotatable bonds is 8. The molecular formula is C28H29ClF2N4O6.